The number of nitrogens with one attached hydrogen (secondary N) is 1. The van der Waals surface area contributed by atoms with Gasteiger partial charge in [0.05, 0.1) is 12.6 Å². The van der Waals surface area contributed by atoms with E-state index in [2.05, 4.69) is 37.1 Å². The van der Waals surface area contributed by atoms with Crippen LogP contribution in [0.25, 0.3) is 0 Å². The normalized spacial score (nSPS) is 32.2. The molecule has 4 heteroatoms. The Morgan fingerprint density at radius 3 is 2.86 bits per heavy atom. The molecule has 1 aliphatic carbocycles. The van der Waals surface area contributed by atoms with E-state index >= 15 is 0 Å². The van der Waals surface area contributed by atoms with Crippen LogP contribution in [0, 0.1) is 34.5 Å². The van der Waals surface area contributed by atoms with Crippen molar-refractivity contribution >= 4 is 5.91 Å². The summed E-state index contributed by atoms with van der Waals surface area (Å²) in [4.78, 5) is 14.7. The lowest BCUT2D eigenvalue weighted by Crippen LogP contribution is -2.44. The first-order chi connectivity index (χ1) is 10.4. The summed E-state index contributed by atoms with van der Waals surface area (Å²) in [6.07, 6.45) is 5.56. The summed E-state index contributed by atoms with van der Waals surface area (Å²) >= 11 is 0. The van der Waals surface area contributed by atoms with Crippen LogP contribution in [-0.2, 0) is 4.79 Å². The quantitative estimate of drug-likeness (QED) is 0.813. The maximum absolute atomic E-state index is 12.5. The molecule has 1 heterocycles. The van der Waals surface area contributed by atoms with Crippen molar-refractivity contribution < 1.29 is 4.79 Å². The second-order valence-electron chi connectivity index (χ2n) is 8.26. The topological polar surface area (TPSA) is 56.1 Å². The number of carbonyl (C=O) groups is 1. The Kier molecular flexibility index (Phi) is 5.86. The van der Waals surface area contributed by atoms with E-state index in [-0.39, 0.29) is 17.2 Å². The predicted octanol–water partition coefficient (Wildman–Crippen LogP) is 2.80. The Balaban J connectivity index is 1.79. The van der Waals surface area contributed by atoms with E-state index in [1.807, 2.05) is 0 Å². The highest BCUT2D eigenvalue weighted by molar-refractivity contribution is 5.78. The molecule has 1 N–H and O–H groups in total. The van der Waals surface area contributed by atoms with Gasteiger partial charge in [-0.15, -0.1) is 0 Å². The zero-order valence-corrected chi connectivity index (χ0v) is 14.4. The van der Waals surface area contributed by atoms with Gasteiger partial charge in [-0.3, -0.25) is 9.69 Å². The zero-order valence-electron chi connectivity index (χ0n) is 14.4. The largest absolute Gasteiger partial charge is 0.356 e. The van der Waals surface area contributed by atoms with Gasteiger partial charge in [-0.25, -0.2) is 0 Å². The van der Waals surface area contributed by atoms with Gasteiger partial charge >= 0.3 is 0 Å². The molecule has 22 heavy (non-hydrogen) atoms. The van der Waals surface area contributed by atoms with E-state index in [0.717, 1.165) is 45.3 Å². The molecule has 1 amide bonds. The van der Waals surface area contributed by atoms with Crippen LogP contribution < -0.4 is 5.32 Å². The minimum absolute atomic E-state index is 0.178. The van der Waals surface area contributed by atoms with Gasteiger partial charge in [0.2, 0.25) is 5.91 Å². The number of amides is 1. The van der Waals surface area contributed by atoms with Gasteiger partial charge in [-0.2, -0.15) is 5.26 Å². The second kappa shape index (κ2) is 7.46. The number of piperidine rings is 1. The Bertz CT molecular complexity index is 427. The molecule has 2 aliphatic rings. The molecule has 3 unspecified atom stereocenters. The van der Waals surface area contributed by atoms with Crippen molar-refractivity contribution in [1.82, 2.24) is 10.2 Å². The first kappa shape index (κ1) is 17.3. The molecule has 1 saturated carbocycles. The Labute approximate surface area is 135 Å². The van der Waals surface area contributed by atoms with Crippen LogP contribution in [0.4, 0.5) is 0 Å². The fraction of sp³-hybridized carbons (Fsp3) is 0.889. The van der Waals surface area contributed by atoms with Gasteiger partial charge in [0.15, 0.2) is 0 Å². The molecule has 0 aromatic rings. The fourth-order valence-electron chi connectivity index (χ4n) is 4.50. The highest BCUT2D eigenvalue weighted by Crippen LogP contribution is 2.41. The van der Waals surface area contributed by atoms with E-state index in [1.54, 1.807) is 0 Å². The van der Waals surface area contributed by atoms with Crippen LogP contribution in [-0.4, -0.2) is 37.0 Å². The van der Waals surface area contributed by atoms with Gasteiger partial charge in [0.25, 0.3) is 0 Å². The maximum atomic E-state index is 12.5. The van der Waals surface area contributed by atoms with Crippen LogP contribution >= 0.6 is 0 Å². The van der Waals surface area contributed by atoms with Crippen LogP contribution in [0.3, 0.4) is 0 Å². The molecule has 0 aromatic carbocycles. The summed E-state index contributed by atoms with van der Waals surface area (Å²) in [5, 5.41) is 12.0. The molecule has 124 valence electrons. The van der Waals surface area contributed by atoms with Crippen LogP contribution in [0.15, 0.2) is 0 Å². The molecule has 1 saturated heterocycles. The average molecular weight is 305 g/mol. The lowest BCUT2D eigenvalue weighted by Gasteiger charge is -2.38. The molecule has 0 aromatic heterocycles. The molecule has 0 spiro atoms. The molecule has 1 aliphatic heterocycles. The number of rotatable bonds is 4. The Hall–Kier alpha value is -1.08. The fourth-order valence-corrected chi connectivity index (χ4v) is 4.50. The third-order valence-electron chi connectivity index (χ3n) is 5.22. The van der Waals surface area contributed by atoms with Crippen molar-refractivity contribution in [2.24, 2.45) is 23.2 Å². The van der Waals surface area contributed by atoms with Crippen molar-refractivity contribution in [3.05, 3.63) is 0 Å². The molecule has 3 atom stereocenters. The smallest absolute Gasteiger partial charge is 0.223 e. The van der Waals surface area contributed by atoms with Gasteiger partial charge < -0.3 is 5.32 Å². The molecular weight excluding hydrogens is 274 g/mol. The van der Waals surface area contributed by atoms with Gasteiger partial charge in [-0.05, 0) is 55.9 Å². The summed E-state index contributed by atoms with van der Waals surface area (Å²) < 4.78 is 0. The summed E-state index contributed by atoms with van der Waals surface area (Å²) in [5.41, 5.74) is 0.286. The van der Waals surface area contributed by atoms with Gasteiger partial charge in [-0.1, -0.05) is 20.8 Å². The van der Waals surface area contributed by atoms with Crippen LogP contribution in [0.2, 0.25) is 0 Å². The summed E-state index contributed by atoms with van der Waals surface area (Å²) in [6, 6.07) is 2.23. The Morgan fingerprint density at radius 1 is 1.41 bits per heavy atom. The minimum atomic E-state index is 0.178. The van der Waals surface area contributed by atoms with Gasteiger partial charge in [0.1, 0.15) is 0 Å². The van der Waals surface area contributed by atoms with Crippen molar-refractivity contribution in [3.8, 4) is 6.07 Å². The molecule has 0 radical (unpaired) electrons. The van der Waals surface area contributed by atoms with Crippen molar-refractivity contribution in [3.63, 3.8) is 0 Å². The first-order valence-electron chi connectivity index (χ1n) is 8.76. The van der Waals surface area contributed by atoms with Gasteiger partial charge in [0, 0.05) is 19.0 Å². The standard InChI is InChI=1S/C18H31N3O/c1-14-9-16(11-18(2,3)10-14)17(22)20-12-15-5-4-7-21(13-15)8-6-19/h14-16H,4-5,7-13H2,1-3H3,(H,20,22). The lowest BCUT2D eigenvalue weighted by atomic mass is 9.68. The van der Waals surface area contributed by atoms with Crippen molar-refractivity contribution in [2.45, 2.75) is 52.9 Å². The highest BCUT2D eigenvalue weighted by Gasteiger charge is 2.35. The third kappa shape index (κ3) is 4.98. The number of carbonyl (C=O) groups excluding carboxylic acids is 1. The number of hydrogen-bond donors (Lipinski definition) is 1. The molecular formula is C18H31N3O. The average Bonchev–Trinajstić information content (AvgIpc) is 2.43. The molecule has 2 rings (SSSR count). The van der Waals surface area contributed by atoms with E-state index < -0.39 is 0 Å². The van der Waals surface area contributed by atoms with Crippen LogP contribution in [0.5, 0.6) is 0 Å². The lowest BCUT2D eigenvalue weighted by molar-refractivity contribution is -0.128. The summed E-state index contributed by atoms with van der Waals surface area (Å²) in [6.45, 7) is 10.1. The minimum Gasteiger partial charge on any atom is -0.356 e. The van der Waals surface area contributed by atoms with E-state index in [4.69, 9.17) is 5.26 Å². The Morgan fingerprint density at radius 2 is 2.18 bits per heavy atom. The van der Waals surface area contributed by atoms with E-state index in [9.17, 15) is 4.79 Å². The second-order valence-corrected chi connectivity index (χ2v) is 8.26. The number of likely N-dealkylation sites (tertiary alicyclic amines) is 1. The summed E-state index contributed by atoms with van der Waals surface area (Å²) in [5.74, 6) is 1.56. The van der Waals surface area contributed by atoms with E-state index in [0.29, 0.717) is 18.4 Å². The monoisotopic (exact) mass is 305 g/mol. The highest BCUT2D eigenvalue weighted by atomic mass is 16.1. The predicted molar refractivity (Wildman–Crippen MR) is 88.1 cm³/mol. The maximum Gasteiger partial charge on any atom is 0.223 e. The first-order valence-corrected chi connectivity index (χ1v) is 8.76. The summed E-state index contributed by atoms with van der Waals surface area (Å²) in [7, 11) is 0. The zero-order chi connectivity index (χ0) is 16.2. The third-order valence-corrected chi connectivity index (χ3v) is 5.22. The molecule has 4 nitrogen and oxygen atoms in total. The number of nitrogens with zero attached hydrogens (tertiary/aromatic N) is 2. The number of hydrogen-bond acceptors (Lipinski definition) is 3. The van der Waals surface area contributed by atoms with E-state index in [1.165, 1.54) is 6.42 Å². The SMILES string of the molecule is CC1CC(C(=O)NCC2CCCN(CC#N)C2)CC(C)(C)C1. The van der Waals surface area contributed by atoms with Crippen LogP contribution in [0.1, 0.15) is 52.9 Å². The number of nitriles is 1. The molecule has 2 fully saturated rings. The van der Waals surface area contributed by atoms with Crippen molar-refractivity contribution in [2.75, 3.05) is 26.2 Å². The van der Waals surface area contributed by atoms with Crippen molar-refractivity contribution in [1.29, 1.82) is 5.26 Å². The molecule has 0 bridgehead atoms.